The number of carbonyl (C=O) groups excluding carboxylic acids is 2. The van der Waals surface area contributed by atoms with E-state index in [-0.39, 0.29) is 17.3 Å². The normalized spacial score (nSPS) is 10.2. The third-order valence-electron chi connectivity index (χ3n) is 2.66. The van der Waals surface area contributed by atoms with Crippen LogP contribution >= 0.6 is 23.4 Å². The lowest BCUT2D eigenvalue weighted by atomic mass is 10.3. The Morgan fingerprint density at radius 2 is 2.00 bits per heavy atom. The van der Waals surface area contributed by atoms with E-state index >= 15 is 0 Å². The van der Waals surface area contributed by atoms with Gasteiger partial charge in [0.25, 0.3) is 5.91 Å². The summed E-state index contributed by atoms with van der Waals surface area (Å²) in [5.41, 5.74) is 0.427. The molecule has 0 radical (unpaired) electrons. The minimum atomic E-state index is -0.582. The molecule has 0 saturated heterocycles. The van der Waals surface area contributed by atoms with Crippen molar-refractivity contribution in [1.29, 1.82) is 0 Å². The number of thioether (sulfide) groups is 1. The number of anilines is 1. The van der Waals surface area contributed by atoms with Crippen LogP contribution in [0.25, 0.3) is 0 Å². The zero-order valence-corrected chi connectivity index (χ0v) is 13.5. The molecule has 120 valence electrons. The number of hydrogen-bond donors (Lipinski definition) is 2. The fraction of sp³-hybridized carbons (Fsp3) is 0.143. The van der Waals surface area contributed by atoms with Crippen LogP contribution in [0.2, 0.25) is 5.02 Å². The molecule has 1 aromatic carbocycles. The Morgan fingerprint density at radius 3 is 2.65 bits per heavy atom. The lowest BCUT2D eigenvalue weighted by Crippen LogP contribution is -2.33. The van der Waals surface area contributed by atoms with Gasteiger partial charge in [-0.3, -0.25) is 9.59 Å². The Morgan fingerprint density at radius 1 is 1.30 bits per heavy atom. The van der Waals surface area contributed by atoms with E-state index in [0.717, 1.165) is 0 Å². The van der Waals surface area contributed by atoms with Crippen molar-refractivity contribution in [1.82, 2.24) is 15.3 Å². The molecule has 0 bridgehead atoms. The molecule has 23 heavy (non-hydrogen) atoms. The number of amides is 2. The molecule has 1 aromatic heterocycles. The van der Waals surface area contributed by atoms with E-state index in [0.29, 0.717) is 10.8 Å². The first-order chi connectivity index (χ1) is 11.0. The molecular formula is C14H12ClFN4O2S. The van der Waals surface area contributed by atoms with Crippen LogP contribution in [0.15, 0.2) is 35.6 Å². The Balaban J connectivity index is 1.93. The Kier molecular flexibility index (Phi) is 5.89. The predicted molar refractivity (Wildman–Crippen MR) is 86.2 cm³/mol. The molecule has 2 N–H and O–H groups in total. The molecule has 0 atom stereocenters. The van der Waals surface area contributed by atoms with Crippen LogP contribution in [-0.4, -0.2) is 34.6 Å². The van der Waals surface area contributed by atoms with Gasteiger partial charge in [-0.25, -0.2) is 14.4 Å². The van der Waals surface area contributed by atoms with Crippen molar-refractivity contribution in [2.75, 3.05) is 18.1 Å². The van der Waals surface area contributed by atoms with E-state index in [1.54, 1.807) is 6.26 Å². The Labute approximate surface area is 140 Å². The molecule has 0 saturated carbocycles. The molecule has 9 heteroatoms. The highest BCUT2D eigenvalue weighted by molar-refractivity contribution is 7.98. The van der Waals surface area contributed by atoms with Gasteiger partial charge >= 0.3 is 0 Å². The van der Waals surface area contributed by atoms with Crippen LogP contribution in [0.1, 0.15) is 10.5 Å². The lowest BCUT2D eigenvalue weighted by molar-refractivity contribution is -0.115. The number of hydrogen-bond acceptors (Lipinski definition) is 5. The van der Waals surface area contributed by atoms with Crippen LogP contribution in [0.5, 0.6) is 0 Å². The number of halogens is 2. The van der Waals surface area contributed by atoms with Crippen LogP contribution < -0.4 is 10.6 Å². The predicted octanol–water partition coefficient (Wildman–Crippen LogP) is 2.36. The molecule has 2 amide bonds. The first kappa shape index (κ1) is 17.2. The summed E-state index contributed by atoms with van der Waals surface area (Å²) in [6, 6.07) is 5.28. The van der Waals surface area contributed by atoms with Gasteiger partial charge in [0, 0.05) is 5.69 Å². The van der Waals surface area contributed by atoms with Gasteiger partial charge < -0.3 is 10.6 Å². The maximum atomic E-state index is 12.8. The summed E-state index contributed by atoms with van der Waals surface area (Å²) in [5.74, 6) is -1.44. The van der Waals surface area contributed by atoms with Crippen LogP contribution in [0.3, 0.4) is 0 Å². The van der Waals surface area contributed by atoms with Crippen molar-refractivity contribution in [2.24, 2.45) is 0 Å². The number of rotatable bonds is 5. The first-order valence-electron chi connectivity index (χ1n) is 6.39. The van der Waals surface area contributed by atoms with Gasteiger partial charge in [0.15, 0.2) is 10.9 Å². The quantitative estimate of drug-likeness (QED) is 0.636. The molecule has 0 aliphatic carbocycles. The summed E-state index contributed by atoms with van der Waals surface area (Å²) >= 11 is 7.14. The van der Waals surface area contributed by atoms with Gasteiger partial charge in [-0.15, -0.1) is 0 Å². The van der Waals surface area contributed by atoms with Gasteiger partial charge in [0.1, 0.15) is 5.82 Å². The topological polar surface area (TPSA) is 84.0 Å². The highest BCUT2D eigenvalue weighted by atomic mass is 35.5. The summed E-state index contributed by atoms with van der Waals surface area (Å²) in [5, 5.41) is 5.43. The van der Waals surface area contributed by atoms with Crippen molar-refractivity contribution < 1.29 is 14.0 Å². The van der Waals surface area contributed by atoms with Crippen LogP contribution in [0, 0.1) is 5.82 Å². The number of aromatic nitrogens is 2. The second-order valence-corrected chi connectivity index (χ2v) is 5.47. The van der Waals surface area contributed by atoms with E-state index < -0.39 is 17.6 Å². The summed E-state index contributed by atoms with van der Waals surface area (Å²) in [4.78, 5) is 31.7. The molecule has 6 nitrogen and oxygen atoms in total. The smallest absolute Gasteiger partial charge is 0.272 e. The summed E-state index contributed by atoms with van der Waals surface area (Å²) < 4.78 is 12.8. The minimum Gasteiger partial charge on any atom is -0.342 e. The fourth-order valence-electron chi connectivity index (χ4n) is 1.59. The summed E-state index contributed by atoms with van der Waals surface area (Å²) in [6.45, 7) is -0.273. The largest absolute Gasteiger partial charge is 0.342 e. The van der Waals surface area contributed by atoms with E-state index in [9.17, 15) is 14.0 Å². The molecule has 2 aromatic rings. The van der Waals surface area contributed by atoms with Gasteiger partial charge in [-0.1, -0.05) is 23.4 Å². The molecule has 0 unspecified atom stereocenters. The van der Waals surface area contributed by atoms with E-state index in [1.165, 1.54) is 42.2 Å². The van der Waals surface area contributed by atoms with Crippen molar-refractivity contribution in [2.45, 2.75) is 5.16 Å². The Bertz CT molecular complexity index is 727. The Hall–Kier alpha value is -2.19. The fourth-order valence-corrected chi connectivity index (χ4v) is 2.11. The second-order valence-electron chi connectivity index (χ2n) is 4.29. The van der Waals surface area contributed by atoms with Gasteiger partial charge in [0.2, 0.25) is 5.91 Å². The minimum absolute atomic E-state index is 0.000554. The molecular weight excluding hydrogens is 343 g/mol. The van der Waals surface area contributed by atoms with Crippen LogP contribution in [0.4, 0.5) is 10.1 Å². The highest BCUT2D eigenvalue weighted by Gasteiger charge is 2.15. The first-order valence-corrected chi connectivity index (χ1v) is 8.00. The van der Waals surface area contributed by atoms with Gasteiger partial charge in [-0.05, 0) is 30.5 Å². The number of benzene rings is 1. The molecule has 2 rings (SSSR count). The highest BCUT2D eigenvalue weighted by Crippen LogP contribution is 2.16. The van der Waals surface area contributed by atoms with Gasteiger partial charge in [0.05, 0.1) is 17.8 Å². The average molecular weight is 355 g/mol. The molecule has 0 aliphatic rings. The maximum Gasteiger partial charge on any atom is 0.272 e. The lowest BCUT2D eigenvalue weighted by Gasteiger charge is -2.08. The SMILES string of the molecule is CSc1ncc(Cl)c(C(=O)NCC(=O)Nc2ccc(F)cc2)n1. The van der Waals surface area contributed by atoms with Crippen molar-refractivity contribution in [3.8, 4) is 0 Å². The molecule has 0 fully saturated rings. The number of carbonyl (C=O) groups is 2. The molecule has 0 spiro atoms. The van der Waals surface area contributed by atoms with Crippen molar-refractivity contribution in [3.63, 3.8) is 0 Å². The summed E-state index contributed by atoms with van der Waals surface area (Å²) in [7, 11) is 0. The average Bonchev–Trinajstić information content (AvgIpc) is 2.55. The van der Waals surface area contributed by atoms with E-state index in [4.69, 9.17) is 11.6 Å². The van der Waals surface area contributed by atoms with Crippen molar-refractivity contribution >= 4 is 40.9 Å². The maximum absolute atomic E-state index is 12.8. The monoisotopic (exact) mass is 354 g/mol. The molecule has 0 aliphatic heterocycles. The number of nitrogens with zero attached hydrogens (tertiary/aromatic N) is 2. The van der Waals surface area contributed by atoms with Crippen molar-refractivity contribution in [3.05, 3.63) is 47.0 Å². The van der Waals surface area contributed by atoms with Gasteiger partial charge in [-0.2, -0.15) is 0 Å². The van der Waals surface area contributed by atoms with E-state index in [1.807, 2.05) is 0 Å². The van der Waals surface area contributed by atoms with Crippen LogP contribution in [-0.2, 0) is 4.79 Å². The second kappa shape index (κ2) is 7.89. The number of nitrogens with one attached hydrogen (secondary N) is 2. The zero-order chi connectivity index (χ0) is 16.8. The third-order valence-corrected chi connectivity index (χ3v) is 3.50. The summed E-state index contributed by atoms with van der Waals surface area (Å²) in [6.07, 6.45) is 3.09. The van der Waals surface area contributed by atoms with E-state index in [2.05, 4.69) is 20.6 Å². The molecule has 1 heterocycles. The standard InChI is InChI=1S/C14H12ClFN4O2S/c1-23-14-18-6-10(15)12(20-14)13(22)17-7-11(21)19-9-4-2-8(16)3-5-9/h2-6H,7H2,1H3,(H,17,22)(H,19,21). The zero-order valence-electron chi connectivity index (χ0n) is 12.0. The third kappa shape index (κ3) is 4.90.